The molecule has 0 amide bonds. The van der Waals surface area contributed by atoms with Crippen molar-refractivity contribution in [3.05, 3.63) is 0 Å². The molecule has 0 aliphatic carbocycles. The molecule has 0 saturated carbocycles. The van der Waals surface area contributed by atoms with Crippen LogP contribution in [0, 0.1) is 0 Å². The molecule has 4 heteroatoms. The van der Waals surface area contributed by atoms with Crippen molar-refractivity contribution in [2.24, 2.45) is 0 Å². The van der Waals surface area contributed by atoms with E-state index in [2.05, 4.69) is 15.9 Å². The summed E-state index contributed by atoms with van der Waals surface area (Å²) in [5.41, 5.74) is 0. The molecule has 0 spiro atoms. The number of hydrogen-bond acceptors (Lipinski definition) is 2. The SMILES string of the molecule is CC(=O)CCCCC(Br)C(=O)O. The Labute approximate surface area is 80.3 Å². The van der Waals surface area contributed by atoms with Gasteiger partial charge in [-0.25, -0.2) is 0 Å². The number of ketones is 1. The predicted octanol–water partition coefficient (Wildman–Crippen LogP) is 1.98. The lowest BCUT2D eigenvalue weighted by atomic mass is 10.1. The molecular formula is C8H13BrO3. The zero-order chi connectivity index (χ0) is 9.56. The first-order valence-corrected chi connectivity index (χ1v) is 4.82. The molecule has 0 aromatic carbocycles. The minimum atomic E-state index is -0.835. The van der Waals surface area contributed by atoms with Crippen LogP contribution in [0.3, 0.4) is 0 Å². The maximum Gasteiger partial charge on any atom is 0.317 e. The molecule has 1 atom stereocenters. The molecule has 12 heavy (non-hydrogen) atoms. The standard InChI is InChI=1S/C8H13BrO3/c1-6(10)4-2-3-5-7(9)8(11)12/h7H,2-5H2,1H3,(H,11,12). The van der Waals surface area contributed by atoms with Crippen LogP contribution in [-0.4, -0.2) is 21.7 Å². The normalized spacial score (nSPS) is 12.5. The van der Waals surface area contributed by atoms with Crippen LogP contribution in [0.2, 0.25) is 0 Å². The van der Waals surface area contributed by atoms with Gasteiger partial charge >= 0.3 is 5.97 Å². The molecule has 0 aromatic heterocycles. The van der Waals surface area contributed by atoms with Crippen LogP contribution < -0.4 is 0 Å². The highest BCUT2D eigenvalue weighted by atomic mass is 79.9. The molecule has 0 bridgehead atoms. The van der Waals surface area contributed by atoms with E-state index in [1.54, 1.807) is 6.92 Å². The minimum Gasteiger partial charge on any atom is -0.480 e. The quantitative estimate of drug-likeness (QED) is 0.567. The second-order valence-corrected chi connectivity index (χ2v) is 3.86. The summed E-state index contributed by atoms with van der Waals surface area (Å²) in [5, 5.41) is 8.48. The monoisotopic (exact) mass is 236 g/mol. The van der Waals surface area contributed by atoms with Gasteiger partial charge in [0.25, 0.3) is 0 Å². The van der Waals surface area contributed by atoms with E-state index in [1.165, 1.54) is 0 Å². The Hall–Kier alpha value is -0.380. The third-order valence-corrected chi connectivity index (χ3v) is 2.35. The van der Waals surface area contributed by atoms with Crippen molar-refractivity contribution in [1.82, 2.24) is 0 Å². The van der Waals surface area contributed by atoms with E-state index in [-0.39, 0.29) is 5.78 Å². The van der Waals surface area contributed by atoms with Gasteiger partial charge in [-0.3, -0.25) is 4.79 Å². The number of hydrogen-bond donors (Lipinski definition) is 1. The second-order valence-electron chi connectivity index (χ2n) is 2.75. The predicted molar refractivity (Wildman–Crippen MR) is 49.5 cm³/mol. The van der Waals surface area contributed by atoms with Gasteiger partial charge < -0.3 is 9.90 Å². The number of rotatable bonds is 6. The van der Waals surface area contributed by atoms with Gasteiger partial charge in [-0.1, -0.05) is 22.4 Å². The van der Waals surface area contributed by atoms with Crippen molar-refractivity contribution < 1.29 is 14.7 Å². The molecule has 0 saturated heterocycles. The Morgan fingerprint density at radius 3 is 2.42 bits per heavy atom. The van der Waals surface area contributed by atoms with E-state index in [1.807, 2.05) is 0 Å². The van der Waals surface area contributed by atoms with Crippen LogP contribution in [0.1, 0.15) is 32.6 Å². The van der Waals surface area contributed by atoms with E-state index >= 15 is 0 Å². The first-order valence-electron chi connectivity index (χ1n) is 3.90. The number of carboxylic acids is 1. The number of carbonyl (C=O) groups excluding carboxylic acids is 1. The van der Waals surface area contributed by atoms with Crippen LogP contribution in [-0.2, 0) is 9.59 Å². The lowest BCUT2D eigenvalue weighted by Crippen LogP contribution is -2.12. The first kappa shape index (κ1) is 11.6. The van der Waals surface area contributed by atoms with Crippen molar-refractivity contribution in [3.8, 4) is 0 Å². The number of alkyl halides is 1. The summed E-state index contributed by atoms with van der Waals surface area (Å²) in [6.07, 6.45) is 2.70. The van der Waals surface area contributed by atoms with E-state index in [4.69, 9.17) is 5.11 Å². The topological polar surface area (TPSA) is 54.4 Å². The highest BCUT2D eigenvalue weighted by Gasteiger charge is 2.11. The van der Waals surface area contributed by atoms with Crippen LogP contribution in [0.4, 0.5) is 0 Å². The first-order chi connectivity index (χ1) is 5.54. The molecule has 0 fully saturated rings. The van der Waals surface area contributed by atoms with Gasteiger partial charge in [-0.05, 0) is 19.8 Å². The molecule has 0 aromatic rings. The molecular weight excluding hydrogens is 224 g/mol. The fourth-order valence-corrected chi connectivity index (χ4v) is 1.14. The van der Waals surface area contributed by atoms with Crippen molar-refractivity contribution in [3.63, 3.8) is 0 Å². The third-order valence-electron chi connectivity index (χ3n) is 1.50. The molecule has 0 aliphatic rings. The summed E-state index contributed by atoms with van der Waals surface area (Å²) in [4.78, 5) is 20.3. The fourth-order valence-electron chi connectivity index (χ4n) is 0.821. The molecule has 0 rings (SSSR count). The summed E-state index contributed by atoms with van der Waals surface area (Å²) in [5.74, 6) is -0.672. The largest absolute Gasteiger partial charge is 0.480 e. The van der Waals surface area contributed by atoms with Crippen molar-refractivity contribution in [1.29, 1.82) is 0 Å². The van der Waals surface area contributed by atoms with E-state index in [9.17, 15) is 9.59 Å². The highest BCUT2D eigenvalue weighted by Crippen LogP contribution is 2.11. The van der Waals surface area contributed by atoms with E-state index in [0.29, 0.717) is 12.8 Å². The Balaban J connectivity index is 3.31. The zero-order valence-corrected chi connectivity index (χ0v) is 8.63. The average Bonchev–Trinajstić information content (AvgIpc) is 1.97. The lowest BCUT2D eigenvalue weighted by Gasteiger charge is -2.02. The van der Waals surface area contributed by atoms with Crippen molar-refractivity contribution in [2.45, 2.75) is 37.4 Å². The van der Waals surface area contributed by atoms with Crippen LogP contribution in [0.5, 0.6) is 0 Å². The molecule has 3 nitrogen and oxygen atoms in total. The van der Waals surface area contributed by atoms with Crippen LogP contribution in [0.15, 0.2) is 0 Å². The summed E-state index contributed by atoms with van der Waals surface area (Å²) in [6.45, 7) is 1.54. The van der Waals surface area contributed by atoms with Gasteiger partial charge in [0, 0.05) is 6.42 Å². The van der Waals surface area contributed by atoms with Gasteiger partial charge in [-0.2, -0.15) is 0 Å². The molecule has 70 valence electrons. The van der Waals surface area contributed by atoms with Gasteiger partial charge in [0.15, 0.2) is 0 Å². The fraction of sp³-hybridized carbons (Fsp3) is 0.750. The maximum atomic E-state index is 10.5. The Morgan fingerprint density at radius 1 is 1.42 bits per heavy atom. The molecule has 1 N–H and O–H groups in total. The average molecular weight is 237 g/mol. The molecule has 0 aliphatic heterocycles. The number of halogens is 1. The van der Waals surface area contributed by atoms with Gasteiger partial charge in [0.1, 0.15) is 10.6 Å². The third kappa shape index (κ3) is 6.34. The summed E-state index contributed by atoms with van der Waals surface area (Å²) < 4.78 is 0. The minimum absolute atomic E-state index is 0.163. The molecule has 1 unspecified atom stereocenters. The van der Waals surface area contributed by atoms with Crippen LogP contribution >= 0.6 is 15.9 Å². The maximum absolute atomic E-state index is 10.5. The Kier molecular flexibility index (Phi) is 5.98. The van der Waals surface area contributed by atoms with Gasteiger partial charge in [0.05, 0.1) is 0 Å². The van der Waals surface area contributed by atoms with Crippen LogP contribution in [0.25, 0.3) is 0 Å². The number of Topliss-reactive ketones (excluding diaryl/α,β-unsaturated/α-hetero) is 1. The Bertz CT molecular complexity index is 168. The second kappa shape index (κ2) is 6.17. The summed E-state index contributed by atoms with van der Waals surface area (Å²) >= 11 is 3.02. The van der Waals surface area contributed by atoms with Gasteiger partial charge in [-0.15, -0.1) is 0 Å². The molecule has 0 heterocycles. The zero-order valence-electron chi connectivity index (χ0n) is 7.05. The van der Waals surface area contributed by atoms with Crippen molar-refractivity contribution >= 4 is 27.7 Å². The molecule has 0 radical (unpaired) electrons. The summed E-state index contributed by atoms with van der Waals surface area (Å²) in [7, 11) is 0. The highest BCUT2D eigenvalue weighted by molar-refractivity contribution is 9.10. The van der Waals surface area contributed by atoms with E-state index < -0.39 is 10.8 Å². The van der Waals surface area contributed by atoms with Crippen molar-refractivity contribution in [2.75, 3.05) is 0 Å². The van der Waals surface area contributed by atoms with E-state index in [0.717, 1.165) is 12.8 Å². The summed E-state index contributed by atoms with van der Waals surface area (Å²) in [6, 6.07) is 0. The smallest absolute Gasteiger partial charge is 0.317 e. The number of unbranched alkanes of at least 4 members (excludes halogenated alkanes) is 1. The number of aliphatic carboxylic acids is 1. The Morgan fingerprint density at radius 2 is 2.00 bits per heavy atom. The lowest BCUT2D eigenvalue weighted by molar-refractivity contribution is -0.136. The van der Waals surface area contributed by atoms with Gasteiger partial charge in [0.2, 0.25) is 0 Å². The number of carboxylic acid groups (broad SMARTS) is 1. The number of carbonyl (C=O) groups is 2.